The van der Waals surface area contributed by atoms with E-state index in [1.54, 1.807) is 11.0 Å². The van der Waals surface area contributed by atoms with E-state index in [1.807, 2.05) is 13.8 Å². The minimum absolute atomic E-state index is 0.0245. The van der Waals surface area contributed by atoms with Crippen LogP contribution in [0.4, 0.5) is 0 Å². The SMILES string of the molecule is C=C(/C=C\CC(=O)N(CC)CC)B(O)O. The van der Waals surface area contributed by atoms with Crippen molar-refractivity contribution in [2.75, 3.05) is 13.1 Å². The molecule has 2 N–H and O–H groups in total. The second-order valence-electron chi connectivity index (χ2n) is 3.12. The maximum Gasteiger partial charge on any atom is 0.487 e. The first-order chi connectivity index (χ1) is 7.02. The molecule has 0 radical (unpaired) electrons. The molecule has 0 aromatic carbocycles. The first kappa shape index (κ1) is 13.9. The number of allylic oxidation sites excluding steroid dienone is 2. The summed E-state index contributed by atoms with van der Waals surface area (Å²) in [6, 6.07) is 0. The van der Waals surface area contributed by atoms with Gasteiger partial charge < -0.3 is 14.9 Å². The third kappa shape index (κ3) is 5.39. The van der Waals surface area contributed by atoms with Crippen molar-refractivity contribution in [2.24, 2.45) is 0 Å². The predicted molar refractivity (Wildman–Crippen MR) is 61.0 cm³/mol. The summed E-state index contributed by atoms with van der Waals surface area (Å²) in [6.45, 7) is 8.64. The number of nitrogens with zero attached hydrogens (tertiary/aromatic N) is 1. The van der Waals surface area contributed by atoms with Gasteiger partial charge in [-0.25, -0.2) is 0 Å². The van der Waals surface area contributed by atoms with Crippen molar-refractivity contribution in [1.29, 1.82) is 0 Å². The maximum atomic E-state index is 11.5. The van der Waals surface area contributed by atoms with Gasteiger partial charge in [0.05, 0.1) is 0 Å². The standard InChI is InChI=1S/C10H18BNO3/c1-4-12(5-2)10(13)8-6-7-9(3)11(14)15/h6-7,14-15H,3-5,8H2,1-2H3/b7-6-. The quantitative estimate of drug-likeness (QED) is 0.492. The fourth-order valence-corrected chi connectivity index (χ4v) is 1.10. The average Bonchev–Trinajstić information content (AvgIpc) is 2.19. The van der Waals surface area contributed by atoms with Crippen molar-refractivity contribution in [1.82, 2.24) is 4.90 Å². The Labute approximate surface area is 91.0 Å². The van der Waals surface area contributed by atoms with Crippen molar-refractivity contribution < 1.29 is 14.8 Å². The number of hydrogen-bond donors (Lipinski definition) is 2. The van der Waals surface area contributed by atoms with Crippen LogP contribution in [0.15, 0.2) is 24.2 Å². The highest BCUT2D eigenvalue weighted by Crippen LogP contribution is 1.99. The molecule has 0 heterocycles. The third-order valence-electron chi connectivity index (χ3n) is 2.07. The zero-order valence-electron chi connectivity index (χ0n) is 9.31. The highest BCUT2D eigenvalue weighted by molar-refractivity contribution is 6.51. The zero-order chi connectivity index (χ0) is 11.8. The van der Waals surface area contributed by atoms with E-state index in [2.05, 4.69) is 6.58 Å². The highest BCUT2D eigenvalue weighted by Gasteiger charge is 2.09. The van der Waals surface area contributed by atoms with Gasteiger partial charge in [-0.3, -0.25) is 4.79 Å². The van der Waals surface area contributed by atoms with Gasteiger partial charge in [0.2, 0.25) is 5.91 Å². The summed E-state index contributed by atoms with van der Waals surface area (Å²) in [5.41, 5.74) is 0.183. The van der Waals surface area contributed by atoms with Crippen LogP contribution < -0.4 is 0 Å². The van der Waals surface area contributed by atoms with E-state index < -0.39 is 7.12 Å². The Morgan fingerprint density at radius 3 is 2.33 bits per heavy atom. The van der Waals surface area contributed by atoms with Gasteiger partial charge in [-0.1, -0.05) is 18.7 Å². The number of carbonyl (C=O) groups is 1. The van der Waals surface area contributed by atoms with Crippen LogP contribution in [0.1, 0.15) is 20.3 Å². The monoisotopic (exact) mass is 211 g/mol. The third-order valence-corrected chi connectivity index (χ3v) is 2.07. The van der Waals surface area contributed by atoms with Crippen molar-refractivity contribution in [3.05, 3.63) is 24.2 Å². The maximum absolute atomic E-state index is 11.5. The lowest BCUT2D eigenvalue weighted by molar-refractivity contribution is -0.129. The molecule has 0 aromatic rings. The van der Waals surface area contributed by atoms with Crippen molar-refractivity contribution in [3.8, 4) is 0 Å². The lowest BCUT2D eigenvalue weighted by atomic mass is 9.80. The molecule has 0 aliphatic carbocycles. The molecular weight excluding hydrogens is 193 g/mol. The molecule has 0 bridgehead atoms. The summed E-state index contributed by atoms with van der Waals surface area (Å²) < 4.78 is 0. The molecule has 5 heteroatoms. The number of rotatable bonds is 6. The van der Waals surface area contributed by atoms with Gasteiger partial charge >= 0.3 is 7.12 Å². The predicted octanol–water partition coefficient (Wildman–Crippen LogP) is 0.369. The summed E-state index contributed by atoms with van der Waals surface area (Å²) >= 11 is 0. The molecule has 4 nitrogen and oxygen atoms in total. The van der Waals surface area contributed by atoms with Gasteiger partial charge in [0.1, 0.15) is 0 Å². The molecule has 1 amide bonds. The van der Waals surface area contributed by atoms with Crippen LogP contribution in [0.2, 0.25) is 0 Å². The fourth-order valence-electron chi connectivity index (χ4n) is 1.10. The van der Waals surface area contributed by atoms with Crippen LogP contribution in [0.5, 0.6) is 0 Å². The lowest BCUT2D eigenvalue weighted by Crippen LogP contribution is -2.29. The first-order valence-electron chi connectivity index (χ1n) is 5.02. The van der Waals surface area contributed by atoms with Crippen LogP contribution in [-0.4, -0.2) is 41.1 Å². The molecule has 0 unspecified atom stereocenters. The highest BCUT2D eigenvalue weighted by atomic mass is 16.4. The smallest absolute Gasteiger partial charge is 0.423 e. The molecule has 0 fully saturated rings. The van der Waals surface area contributed by atoms with Crippen molar-refractivity contribution in [2.45, 2.75) is 20.3 Å². The van der Waals surface area contributed by atoms with Crippen LogP contribution in [0.25, 0.3) is 0 Å². The Hall–Kier alpha value is -1.07. The number of carbonyl (C=O) groups excluding carboxylic acids is 1. The molecule has 0 atom stereocenters. The molecule has 0 aliphatic heterocycles. The second kappa shape index (κ2) is 7.26. The topological polar surface area (TPSA) is 60.8 Å². The molecule has 0 rings (SSSR count). The molecule has 0 aliphatic rings. The van der Waals surface area contributed by atoms with E-state index in [4.69, 9.17) is 10.0 Å². The van der Waals surface area contributed by atoms with E-state index in [9.17, 15) is 4.79 Å². The van der Waals surface area contributed by atoms with Crippen LogP contribution in [-0.2, 0) is 4.79 Å². The van der Waals surface area contributed by atoms with E-state index in [-0.39, 0.29) is 17.8 Å². The summed E-state index contributed by atoms with van der Waals surface area (Å²) in [6.07, 6.45) is 3.29. The molecule has 0 saturated heterocycles. The molecule has 0 saturated carbocycles. The molecule has 84 valence electrons. The van der Waals surface area contributed by atoms with E-state index in [0.717, 1.165) is 0 Å². The lowest BCUT2D eigenvalue weighted by Gasteiger charge is -2.17. The van der Waals surface area contributed by atoms with Crippen LogP contribution in [0.3, 0.4) is 0 Å². The summed E-state index contributed by atoms with van der Waals surface area (Å²) in [5, 5.41) is 17.4. The van der Waals surface area contributed by atoms with Gasteiger partial charge in [-0.15, -0.1) is 0 Å². The summed E-state index contributed by atoms with van der Waals surface area (Å²) in [5.74, 6) is 0.0245. The minimum atomic E-state index is -1.55. The van der Waals surface area contributed by atoms with E-state index in [1.165, 1.54) is 6.08 Å². The van der Waals surface area contributed by atoms with E-state index >= 15 is 0 Å². The van der Waals surface area contributed by atoms with E-state index in [0.29, 0.717) is 13.1 Å². The van der Waals surface area contributed by atoms with Gasteiger partial charge in [-0.05, 0) is 19.3 Å². The molecule has 15 heavy (non-hydrogen) atoms. The minimum Gasteiger partial charge on any atom is -0.423 e. The number of hydrogen-bond acceptors (Lipinski definition) is 3. The fraction of sp³-hybridized carbons (Fsp3) is 0.500. The second-order valence-corrected chi connectivity index (χ2v) is 3.12. The Morgan fingerprint density at radius 2 is 1.93 bits per heavy atom. The van der Waals surface area contributed by atoms with Gasteiger partial charge in [0.25, 0.3) is 0 Å². The Kier molecular flexibility index (Phi) is 6.74. The van der Waals surface area contributed by atoms with Gasteiger partial charge in [-0.2, -0.15) is 0 Å². The van der Waals surface area contributed by atoms with Crippen LogP contribution >= 0.6 is 0 Å². The Balaban J connectivity index is 4.05. The van der Waals surface area contributed by atoms with Gasteiger partial charge in [0, 0.05) is 19.5 Å². The normalized spacial score (nSPS) is 10.4. The Morgan fingerprint density at radius 1 is 1.40 bits per heavy atom. The zero-order valence-corrected chi connectivity index (χ0v) is 9.31. The number of amides is 1. The Bertz CT molecular complexity index is 247. The van der Waals surface area contributed by atoms with Gasteiger partial charge in [0.15, 0.2) is 0 Å². The summed E-state index contributed by atoms with van der Waals surface area (Å²) in [7, 11) is -1.55. The first-order valence-corrected chi connectivity index (χ1v) is 5.02. The molecule has 0 aromatic heterocycles. The van der Waals surface area contributed by atoms with Crippen LogP contribution in [0, 0.1) is 0 Å². The molecule has 0 spiro atoms. The average molecular weight is 211 g/mol. The van der Waals surface area contributed by atoms with Crippen molar-refractivity contribution in [3.63, 3.8) is 0 Å². The summed E-state index contributed by atoms with van der Waals surface area (Å²) in [4.78, 5) is 13.2. The molecular formula is C10H18BNO3. The van der Waals surface area contributed by atoms with Crippen molar-refractivity contribution >= 4 is 13.0 Å². The largest absolute Gasteiger partial charge is 0.487 e.